The molecular weight excluding hydrogens is 414 g/mol. The van der Waals surface area contributed by atoms with E-state index in [1.54, 1.807) is 25.1 Å². The predicted molar refractivity (Wildman–Crippen MR) is 106 cm³/mol. The molecule has 12 nitrogen and oxygen atoms in total. The molecular formula is C17H19N7O5S. The second kappa shape index (κ2) is 9.65. The fourth-order valence-electron chi connectivity index (χ4n) is 2.32. The maximum Gasteiger partial charge on any atom is 0.247 e. The van der Waals surface area contributed by atoms with Crippen molar-refractivity contribution in [3.63, 3.8) is 0 Å². The molecule has 0 saturated heterocycles. The molecule has 3 rings (SSSR count). The van der Waals surface area contributed by atoms with Crippen LogP contribution in [0.15, 0.2) is 27.9 Å². The Labute approximate surface area is 174 Å². The average Bonchev–Trinajstić information content (AvgIpc) is 3.26. The molecule has 0 aliphatic heterocycles. The van der Waals surface area contributed by atoms with Crippen molar-refractivity contribution in [1.82, 2.24) is 20.8 Å². The second-order valence-electron chi connectivity index (χ2n) is 5.89. The number of anilines is 1. The Kier molecular flexibility index (Phi) is 6.75. The number of hydrogen-bond acceptors (Lipinski definition) is 11. The van der Waals surface area contributed by atoms with Crippen LogP contribution in [0.2, 0.25) is 0 Å². The minimum absolute atomic E-state index is 0.0292. The van der Waals surface area contributed by atoms with E-state index >= 15 is 0 Å². The van der Waals surface area contributed by atoms with Crippen molar-refractivity contribution in [3.05, 3.63) is 45.4 Å². The third kappa shape index (κ3) is 5.41. The van der Waals surface area contributed by atoms with Crippen LogP contribution < -0.4 is 25.5 Å². The molecule has 0 atom stereocenters. The van der Waals surface area contributed by atoms with Crippen LogP contribution >= 0.6 is 11.3 Å². The minimum Gasteiger partial charge on any atom is -0.490 e. The van der Waals surface area contributed by atoms with Crippen molar-refractivity contribution in [2.45, 2.75) is 26.9 Å². The van der Waals surface area contributed by atoms with E-state index in [0.29, 0.717) is 44.4 Å². The van der Waals surface area contributed by atoms with E-state index in [4.69, 9.17) is 15.2 Å². The Balaban J connectivity index is 1.62. The number of hydrazone groups is 1. The molecule has 3 N–H and O–H groups in total. The number of aromatic nitrogens is 4. The number of nitrogens with zero attached hydrogens (tertiary/aromatic N) is 5. The van der Waals surface area contributed by atoms with Gasteiger partial charge in [0.25, 0.3) is 0 Å². The number of rotatable bonds is 9. The van der Waals surface area contributed by atoms with Gasteiger partial charge in [0.1, 0.15) is 5.01 Å². The van der Waals surface area contributed by atoms with Gasteiger partial charge in [-0.25, -0.2) is 5.43 Å². The number of hydrogen-bond donors (Lipinski definition) is 2. The number of carbonyl (C=O) groups excluding carboxylic acids is 1. The zero-order chi connectivity index (χ0) is 21.5. The lowest BCUT2D eigenvalue weighted by Crippen LogP contribution is -2.29. The normalized spacial score (nSPS) is 11.0. The first-order valence-electron chi connectivity index (χ1n) is 8.81. The van der Waals surface area contributed by atoms with E-state index in [1.165, 1.54) is 6.21 Å². The Morgan fingerprint density at radius 3 is 2.90 bits per heavy atom. The second-order valence-corrected chi connectivity index (χ2v) is 6.99. The number of nitrogens with one attached hydrogen (secondary N) is 1. The van der Waals surface area contributed by atoms with Gasteiger partial charge in [0.2, 0.25) is 22.4 Å². The highest BCUT2D eigenvalue weighted by atomic mass is 32.1. The summed E-state index contributed by atoms with van der Waals surface area (Å²) in [5.74, 6) is 0.554. The highest BCUT2D eigenvalue weighted by Gasteiger charge is 2.16. The Morgan fingerprint density at radius 2 is 2.23 bits per heavy atom. The van der Waals surface area contributed by atoms with Gasteiger partial charge in [-0.2, -0.15) is 5.10 Å². The lowest BCUT2D eigenvalue weighted by molar-refractivity contribution is -0.808. The van der Waals surface area contributed by atoms with Gasteiger partial charge < -0.3 is 20.4 Å². The van der Waals surface area contributed by atoms with E-state index in [-0.39, 0.29) is 24.6 Å². The molecule has 0 aliphatic carbocycles. The molecule has 0 bridgehead atoms. The van der Waals surface area contributed by atoms with Crippen molar-refractivity contribution in [3.8, 4) is 11.5 Å². The molecule has 0 aliphatic rings. The predicted octanol–water partition coefficient (Wildman–Crippen LogP) is 0.721. The van der Waals surface area contributed by atoms with Gasteiger partial charge in [0, 0.05) is 12.1 Å². The number of ether oxygens (including phenoxy) is 2. The summed E-state index contributed by atoms with van der Waals surface area (Å²) in [5.41, 5.74) is 9.28. The van der Waals surface area contributed by atoms with Crippen LogP contribution in [0.3, 0.4) is 0 Å². The molecule has 13 heteroatoms. The van der Waals surface area contributed by atoms with Crippen LogP contribution in [0.1, 0.15) is 28.9 Å². The smallest absolute Gasteiger partial charge is 0.247 e. The van der Waals surface area contributed by atoms with Gasteiger partial charge in [-0.05, 0) is 35.6 Å². The van der Waals surface area contributed by atoms with Crippen LogP contribution in [0.5, 0.6) is 11.5 Å². The topological polar surface area (TPSA) is 165 Å². The Hall–Kier alpha value is -3.74. The molecule has 30 heavy (non-hydrogen) atoms. The number of amides is 1. The average molecular weight is 433 g/mol. The summed E-state index contributed by atoms with van der Waals surface area (Å²) < 4.78 is 15.8. The first-order valence-corrected chi connectivity index (χ1v) is 9.62. The van der Waals surface area contributed by atoms with Gasteiger partial charge in [0.05, 0.1) is 19.2 Å². The van der Waals surface area contributed by atoms with Crippen molar-refractivity contribution >= 4 is 28.6 Å². The van der Waals surface area contributed by atoms with E-state index in [2.05, 4.69) is 30.5 Å². The largest absolute Gasteiger partial charge is 0.490 e. The molecule has 1 amide bonds. The van der Waals surface area contributed by atoms with Crippen LogP contribution in [0.4, 0.5) is 5.13 Å². The molecule has 0 radical (unpaired) electrons. The monoisotopic (exact) mass is 433 g/mol. The van der Waals surface area contributed by atoms with Gasteiger partial charge in [-0.1, -0.05) is 11.3 Å². The molecule has 0 fully saturated rings. The summed E-state index contributed by atoms with van der Waals surface area (Å²) >= 11 is 1.14. The quantitative estimate of drug-likeness (QED) is 0.281. The van der Waals surface area contributed by atoms with E-state index < -0.39 is 0 Å². The van der Waals surface area contributed by atoms with Crippen LogP contribution in [0, 0.1) is 12.1 Å². The zero-order valence-corrected chi connectivity index (χ0v) is 17.0. The fourth-order valence-corrected chi connectivity index (χ4v) is 2.93. The van der Waals surface area contributed by atoms with Gasteiger partial charge in [-0.15, -0.1) is 10.2 Å². The lowest BCUT2D eigenvalue weighted by atomic mass is 10.2. The molecule has 2 aromatic heterocycles. The molecule has 0 spiro atoms. The maximum atomic E-state index is 11.9. The van der Waals surface area contributed by atoms with E-state index in [9.17, 15) is 10.0 Å². The summed E-state index contributed by atoms with van der Waals surface area (Å²) in [6.45, 7) is 3.86. The molecule has 0 saturated carbocycles. The molecule has 3 aromatic rings. The summed E-state index contributed by atoms with van der Waals surface area (Å²) in [4.78, 5) is 12.2. The van der Waals surface area contributed by atoms with Crippen molar-refractivity contribution < 1.29 is 23.8 Å². The van der Waals surface area contributed by atoms with Crippen LogP contribution in [-0.4, -0.2) is 34.1 Å². The minimum atomic E-state index is -0.345. The summed E-state index contributed by atoms with van der Waals surface area (Å²) in [6.07, 6.45) is 1.50. The summed E-state index contributed by atoms with van der Waals surface area (Å²) in [6, 6.07) is 5.10. The summed E-state index contributed by atoms with van der Waals surface area (Å²) in [7, 11) is 0. The molecule has 2 heterocycles. The van der Waals surface area contributed by atoms with Crippen molar-refractivity contribution in [2.24, 2.45) is 5.10 Å². The number of benzene rings is 1. The van der Waals surface area contributed by atoms with Crippen LogP contribution in [0.25, 0.3) is 0 Å². The summed E-state index contributed by atoms with van der Waals surface area (Å²) in [5, 5.41) is 27.3. The van der Waals surface area contributed by atoms with Gasteiger partial charge in [-0.3, -0.25) is 9.42 Å². The van der Waals surface area contributed by atoms with Gasteiger partial charge >= 0.3 is 0 Å². The number of nitrogen functional groups attached to an aromatic ring is 1. The first kappa shape index (κ1) is 21.0. The highest BCUT2D eigenvalue weighted by molar-refractivity contribution is 7.15. The Morgan fingerprint density at radius 1 is 1.40 bits per heavy atom. The third-order valence-electron chi connectivity index (χ3n) is 3.72. The SMILES string of the molecule is CCOc1cc(C=NNC(=O)Cc2nnc(N)s2)ccc1OCc1c(C)no[n+]1[O-]. The number of nitrogens with two attached hydrogens (primary N) is 1. The van der Waals surface area contributed by atoms with E-state index in [0.717, 1.165) is 11.3 Å². The maximum absolute atomic E-state index is 11.9. The fraction of sp³-hybridized carbons (Fsp3) is 0.294. The molecule has 1 aromatic carbocycles. The third-order valence-corrected chi connectivity index (χ3v) is 4.47. The molecule has 158 valence electrons. The van der Waals surface area contributed by atoms with Crippen molar-refractivity contribution in [1.29, 1.82) is 0 Å². The van der Waals surface area contributed by atoms with Crippen molar-refractivity contribution in [2.75, 3.05) is 12.3 Å². The molecule has 0 unspecified atom stereocenters. The number of carbonyl (C=O) groups is 1. The highest BCUT2D eigenvalue weighted by Crippen LogP contribution is 2.28. The van der Waals surface area contributed by atoms with Crippen LogP contribution in [-0.2, 0) is 17.8 Å². The van der Waals surface area contributed by atoms with Gasteiger partial charge in [0.15, 0.2) is 18.1 Å². The first-order chi connectivity index (χ1) is 14.5. The lowest BCUT2D eigenvalue weighted by Gasteiger charge is -2.11. The standard InChI is InChI=1S/C17H19N7O5S/c1-3-27-14-6-11(8-19-20-15(25)7-16-21-22-17(18)30-16)4-5-13(14)28-9-12-10(2)23-29-24(12)26/h4-6,8H,3,7,9H2,1-2H3,(H2,18,22)(H,20,25). The number of aryl methyl sites for hydroxylation is 1. The van der Waals surface area contributed by atoms with E-state index in [1.807, 2.05) is 6.92 Å². The Bertz CT molecular complexity index is 1030. The zero-order valence-electron chi connectivity index (χ0n) is 16.2.